The molecular formula is C13H18BrFN2. The summed E-state index contributed by atoms with van der Waals surface area (Å²) >= 11 is 3.12. The molecule has 0 radical (unpaired) electrons. The quantitative estimate of drug-likeness (QED) is 0.824. The molecule has 0 atom stereocenters. The Balaban J connectivity index is 2.07. The lowest BCUT2D eigenvalue weighted by Gasteiger charge is -2.21. The van der Waals surface area contributed by atoms with Crippen LogP contribution in [0, 0.1) is 17.2 Å². The smallest absolute Gasteiger partial charge is 0.139 e. The second-order valence-corrected chi connectivity index (χ2v) is 6.08. The van der Waals surface area contributed by atoms with Crippen LogP contribution in [0.4, 0.5) is 15.8 Å². The summed E-state index contributed by atoms with van der Waals surface area (Å²) in [6, 6.07) is 3.06. The van der Waals surface area contributed by atoms with Gasteiger partial charge in [-0.2, -0.15) is 0 Å². The predicted octanol–water partition coefficient (Wildman–Crippen LogP) is 4.02. The average molecular weight is 301 g/mol. The molecule has 1 aliphatic rings. The van der Waals surface area contributed by atoms with Crippen molar-refractivity contribution in [2.75, 3.05) is 17.6 Å². The molecule has 0 bridgehead atoms. The average Bonchev–Trinajstić information content (AvgIpc) is 3.02. The van der Waals surface area contributed by atoms with E-state index in [0.717, 1.165) is 6.54 Å². The van der Waals surface area contributed by atoms with Gasteiger partial charge in [-0.1, -0.05) is 13.8 Å². The molecule has 94 valence electrons. The maximum atomic E-state index is 13.4. The van der Waals surface area contributed by atoms with Gasteiger partial charge in [0.15, 0.2) is 0 Å². The van der Waals surface area contributed by atoms with E-state index in [0.29, 0.717) is 27.2 Å². The highest BCUT2D eigenvalue weighted by Crippen LogP contribution is 2.51. The van der Waals surface area contributed by atoms with Gasteiger partial charge in [0.05, 0.1) is 15.8 Å². The van der Waals surface area contributed by atoms with Crippen LogP contribution in [0.5, 0.6) is 0 Å². The van der Waals surface area contributed by atoms with Crippen LogP contribution < -0.4 is 11.1 Å². The molecular weight excluding hydrogens is 283 g/mol. The molecule has 17 heavy (non-hydrogen) atoms. The largest absolute Gasteiger partial charge is 0.397 e. The number of halogens is 2. The summed E-state index contributed by atoms with van der Waals surface area (Å²) in [5.41, 5.74) is 7.52. The van der Waals surface area contributed by atoms with E-state index in [1.54, 1.807) is 6.07 Å². The lowest BCUT2D eigenvalue weighted by atomic mass is 9.92. The molecule has 0 spiro atoms. The highest BCUT2D eigenvalue weighted by atomic mass is 79.9. The van der Waals surface area contributed by atoms with Crippen LogP contribution in [-0.2, 0) is 0 Å². The van der Waals surface area contributed by atoms with Crippen LogP contribution in [-0.4, -0.2) is 6.54 Å². The molecule has 0 heterocycles. The summed E-state index contributed by atoms with van der Waals surface area (Å²) in [6.45, 7) is 5.34. The van der Waals surface area contributed by atoms with Crippen molar-refractivity contribution in [2.45, 2.75) is 26.7 Å². The molecule has 1 fully saturated rings. The number of hydrogen-bond acceptors (Lipinski definition) is 2. The van der Waals surface area contributed by atoms with E-state index in [2.05, 4.69) is 35.1 Å². The number of nitrogens with two attached hydrogens (primary N) is 1. The molecule has 2 rings (SSSR count). The number of anilines is 2. The molecule has 0 aliphatic heterocycles. The van der Waals surface area contributed by atoms with E-state index in [1.165, 1.54) is 18.9 Å². The normalized spacial score (nSPS) is 17.2. The number of hydrogen-bond donors (Lipinski definition) is 2. The molecule has 0 amide bonds. The minimum atomic E-state index is -0.281. The van der Waals surface area contributed by atoms with Crippen molar-refractivity contribution in [1.29, 1.82) is 0 Å². The van der Waals surface area contributed by atoms with Crippen LogP contribution in [0.1, 0.15) is 26.7 Å². The van der Waals surface area contributed by atoms with Crippen LogP contribution in [0.3, 0.4) is 0 Å². The van der Waals surface area contributed by atoms with Crippen molar-refractivity contribution in [3.8, 4) is 0 Å². The van der Waals surface area contributed by atoms with Gasteiger partial charge in [0.1, 0.15) is 5.82 Å². The van der Waals surface area contributed by atoms with Crippen LogP contribution in [0.2, 0.25) is 0 Å². The molecule has 4 heteroatoms. The third kappa shape index (κ3) is 2.57. The second kappa shape index (κ2) is 4.48. The van der Waals surface area contributed by atoms with Crippen molar-refractivity contribution in [3.63, 3.8) is 0 Å². The standard InChI is InChI=1S/C13H18BrFN2/c1-8(2)13(3-4-13)7-17-12-6-10(15)9(14)5-11(12)16/h5-6,8,17H,3-4,7,16H2,1-2H3. The number of nitrogens with one attached hydrogen (secondary N) is 1. The Morgan fingerprint density at radius 3 is 2.65 bits per heavy atom. The minimum Gasteiger partial charge on any atom is -0.397 e. The van der Waals surface area contributed by atoms with Gasteiger partial charge in [-0.25, -0.2) is 4.39 Å². The van der Waals surface area contributed by atoms with E-state index < -0.39 is 0 Å². The zero-order valence-corrected chi connectivity index (χ0v) is 11.8. The van der Waals surface area contributed by atoms with E-state index in [4.69, 9.17) is 5.73 Å². The first-order valence-electron chi connectivity index (χ1n) is 5.93. The van der Waals surface area contributed by atoms with Crippen molar-refractivity contribution in [1.82, 2.24) is 0 Å². The Kier molecular flexibility index (Phi) is 3.34. The van der Waals surface area contributed by atoms with Crippen LogP contribution in [0.25, 0.3) is 0 Å². The molecule has 0 unspecified atom stereocenters. The molecule has 1 aromatic rings. The van der Waals surface area contributed by atoms with Gasteiger partial charge in [0, 0.05) is 12.6 Å². The fourth-order valence-corrected chi connectivity index (χ4v) is 2.47. The Hall–Kier alpha value is -0.770. The van der Waals surface area contributed by atoms with E-state index >= 15 is 0 Å². The molecule has 0 aromatic heterocycles. The van der Waals surface area contributed by atoms with Gasteiger partial charge in [-0.3, -0.25) is 0 Å². The summed E-state index contributed by atoms with van der Waals surface area (Å²) in [5, 5.41) is 3.28. The number of nitrogen functional groups attached to an aromatic ring is 1. The monoisotopic (exact) mass is 300 g/mol. The van der Waals surface area contributed by atoms with Gasteiger partial charge >= 0.3 is 0 Å². The van der Waals surface area contributed by atoms with Gasteiger partial charge in [-0.15, -0.1) is 0 Å². The number of benzene rings is 1. The third-order valence-corrected chi connectivity index (χ3v) is 4.45. The Labute approximate surface area is 110 Å². The Morgan fingerprint density at radius 1 is 1.47 bits per heavy atom. The Bertz CT molecular complexity index is 428. The van der Waals surface area contributed by atoms with E-state index in [1.807, 2.05) is 0 Å². The molecule has 1 aromatic carbocycles. The second-order valence-electron chi connectivity index (χ2n) is 5.22. The highest BCUT2D eigenvalue weighted by Gasteiger charge is 2.44. The molecule has 0 saturated heterocycles. The molecule has 1 aliphatic carbocycles. The predicted molar refractivity (Wildman–Crippen MR) is 73.5 cm³/mol. The van der Waals surface area contributed by atoms with Crippen LogP contribution in [0.15, 0.2) is 16.6 Å². The molecule has 3 N–H and O–H groups in total. The first kappa shape index (κ1) is 12.7. The van der Waals surface area contributed by atoms with Gasteiger partial charge in [0.2, 0.25) is 0 Å². The summed E-state index contributed by atoms with van der Waals surface area (Å²) in [5.74, 6) is 0.368. The fourth-order valence-electron chi connectivity index (χ4n) is 2.11. The van der Waals surface area contributed by atoms with Crippen LogP contribution >= 0.6 is 15.9 Å². The maximum absolute atomic E-state index is 13.4. The van der Waals surface area contributed by atoms with Gasteiger partial charge < -0.3 is 11.1 Å². The molecule has 2 nitrogen and oxygen atoms in total. The first-order valence-corrected chi connectivity index (χ1v) is 6.72. The summed E-state index contributed by atoms with van der Waals surface area (Å²) < 4.78 is 13.8. The van der Waals surface area contributed by atoms with E-state index in [-0.39, 0.29) is 5.82 Å². The highest BCUT2D eigenvalue weighted by molar-refractivity contribution is 9.10. The first-order chi connectivity index (χ1) is 7.94. The topological polar surface area (TPSA) is 38.0 Å². The zero-order valence-electron chi connectivity index (χ0n) is 10.2. The summed E-state index contributed by atoms with van der Waals surface area (Å²) in [6.07, 6.45) is 2.49. The summed E-state index contributed by atoms with van der Waals surface area (Å²) in [4.78, 5) is 0. The van der Waals surface area contributed by atoms with Gasteiger partial charge in [-0.05, 0) is 46.2 Å². The van der Waals surface area contributed by atoms with Crippen molar-refractivity contribution in [2.24, 2.45) is 11.3 Å². The lowest BCUT2D eigenvalue weighted by Crippen LogP contribution is -2.21. The zero-order chi connectivity index (χ0) is 12.6. The van der Waals surface area contributed by atoms with Gasteiger partial charge in [0.25, 0.3) is 0 Å². The SMILES string of the molecule is CC(C)C1(CNc2cc(F)c(Br)cc2N)CC1. The maximum Gasteiger partial charge on any atom is 0.139 e. The lowest BCUT2D eigenvalue weighted by molar-refractivity contribution is 0.380. The van der Waals surface area contributed by atoms with Crippen molar-refractivity contribution >= 4 is 27.3 Å². The minimum absolute atomic E-state index is 0.281. The Morgan fingerprint density at radius 2 is 2.12 bits per heavy atom. The van der Waals surface area contributed by atoms with E-state index in [9.17, 15) is 4.39 Å². The summed E-state index contributed by atoms with van der Waals surface area (Å²) in [7, 11) is 0. The van der Waals surface area contributed by atoms with Crippen molar-refractivity contribution in [3.05, 3.63) is 22.4 Å². The fraction of sp³-hybridized carbons (Fsp3) is 0.538. The number of rotatable bonds is 4. The molecule has 1 saturated carbocycles. The van der Waals surface area contributed by atoms with Crippen molar-refractivity contribution < 1.29 is 4.39 Å². The third-order valence-electron chi connectivity index (χ3n) is 3.84.